The third kappa shape index (κ3) is 9.97. The van der Waals surface area contributed by atoms with Crippen molar-refractivity contribution in [3.8, 4) is 0 Å². The summed E-state index contributed by atoms with van der Waals surface area (Å²) in [5.41, 5.74) is 0. The molecule has 0 bridgehead atoms. The first-order valence-electron chi connectivity index (χ1n) is 6.57. The van der Waals surface area contributed by atoms with E-state index in [1.165, 1.54) is 38.5 Å². The van der Waals surface area contributed by atoms with Crippen molar-refractivity contribution in [1.29, 1.82) is 0 Å². The summed E-state index contributed by atoms with van der Waals surface area (Å²) < 4.78 is 0. The second-order valence-electron chi connectivity index (χ2n) is 4.45. The molecule has 0 aromatic heterocycles. The van der Waals surface area contributed by atoms with E-state index in [1.807, 2.05) is 0 Å². The van der Waals surface area contributed by atoms with Gasteiger partial charge >= 0.3 is 0 Å². The van der Waals surface area contributed by atoms with Crippen molar-refractivity contribution in [1.82, 2.24) is 0 Å². The van der Waals surface area contributed by atoms with E-state index in [-0.39, 0.29) is 0 Å². The van der Waals surface area contributed by atoms with Crippen LogP contribution in [0.5, 0.6) is 0 Å². The molecule has 16 heavy (non-hydrogen) atoms. The second kappa shape index (κ2) is 10.9. The van der Waals surface area contributed by atoms with Crippen molar-refractivity contribution in [2.75, 3.05) is 0 Å². The van der Waals surface area contributed by atoms with Crippen molar-refractivity contribution >= 4 is 5.97 Å². The number of hydrogen-bond acceptors (Lipinski definition) is 3. The molecule has 0 radical (unpaired) electrons. The number of carboxylic acid groups (broad SMARTS) is 1. The topological polar surface area (TPSA) is 60.4 Å². The lowest BCUT2D eigenvalue weighted by Crippen LogP contribution is -2.35. The van der Waals surface area contributed by atoms with E-state index in [9.17, 15) is 9.90 Å². The summed E-state index contributed by atoms with van der Waals surface area (Å²) in [7, 11) is 0. The van der Waals surface area contributed by atoms with Gasteiger partial charge in [-0.05, 0) is 6.42 Å². The van der Waals surface area contributed by atoms with Gasteiger partial charge in [0.2, 0.25) is 0 Å². The van der Waals surface area contributed by atoms with Crippen molar-refractivity contribution in [2.24, 2.45) is 0 Å². The van der Waals surface area contributed by atoms with E-state index in [4.69, 9.17) is 5.11 Å². The summed E-state index contributed by atoms with van der Waals surface area (Å²) >= 11 is 0. The Hall–Kier alpha value is -0.570. The summed E-state index contributed by atoms with van der Waals surface area (Å²) in [6.45, 7) is 2.21. The number of aliphatic hydroxyl groups is 1. The Morgan fingerprint density at radius 3 is 1.88 bits per heavy atom. The van der Waals surface area contributed by atoms with Gasteiger partial charge in [0, 0.05) is 0 Å². The third-order valence-corrected chi connectivity index (χ3v) is 2.85. The highest BCUT2D eigenvalue weighted by atomic mass is 16.4. The highest BCUT2D eigenvalue weighted by Gasteiger charge is 2.03. The van der Waals surface area contributed by atoms with Crippen LogP contribution in [0, 0.1) is 0 Å². The van der Waals surface area contributed by atoms with E-state index in [1.54, 1.807) is 0 Å². The number of unbranched alkanes of at least 4 members (excludes halogenated alkanes) is 8. The zero-order valence-corrected chi connectivity index (χ0v) is 10.4. The molecule has 0 heterocycles. The average molecular weight is 229 g/mol. The van der Waals surface area contributed by atoms with Crippen molar-refractivity contribution in [2.45, 2.75) is 77.2 Å². The fraction of sp³-hybridized carbons (Fsp3) is 0.923. The van der Waals surface area contributed by atoms with Gasteiger partial charge in [-0.3, -0.25) is 0 Å². The van der Waals surface area contributed by atoms with Gasteiger partial charge in [-0.2, -0.15) is 0 Å². The van der Waals surface area contributed by atoms with E-state index in [2.05, 4.69) is 6.92 Å². The number of carbonyl (C=O) groups is 1. The molecule has 1 atom stereocenters. The normalized spacial score (nSPS) is 12.6. The van der Waals surface area contributed by atoms with Gasteiger partial charge in [0.05, 0.1) is 12.1 Å². The van der Waals surface area contributed by atoms with Crippen LogP contribution in [0.3, 0.4) is 0 Å². The van der Waals surface area contributed by atoms with Crippen molar-refractivity contribution in [3.63, 3.8) is 0 Å². The van der Waals surface area contributed by atoms with Crippen LogP contribution in [0.2, 0.25) is 0 Å². The fourth-order valence-electron chi connectivity index (χ4n) is 1.77. The zero-order chi connectivity index (χ0) is 12.2. The molecule has 0 aliphatic rings. The Balaban J connectivity index is 3.07. The maximum Gasteiger partial charge on any atom is 0.0933 e. The largest absolute Gasteiger partial charge is 0.547 e. The molecule has 0 aliphatic carbocycles. The number of aliphatic carboxylic acids is 1. The number of rotatable bonds is 11. The van der Waals surface area contributed by atoms with Crippen LogP contribution in [0.15, 0.2) is 0 Å². The van der Waals surface area contributed by atoms with E-state index in [0.717, 1.165) is 19.3 Å². The molecular formula is C13H25O3-. The molecule has 0 fully saturated rings. The number of aliphatic hydroxyl groups excluding tert-OH is 1. The van der Waals surface area contributed by atoms with Crippen LogP contribution in [0.1, 0.15) is 71.1 Å². The van der Waals surface area contributed by atoms with E-state index < -0.39 is 12.1 Å². The molecule has 0 aromatic rings. The summed E-state index contributed by atoms with van der Waals surface area (Å²) in [5.74, 6) is -1.35. The van der Waals surface area contributed by atoms with Crippen LogP contribution in [0.25, 0.3) is 0 Å². The molecule has 0 aromatic carbocycles. The van der Waals surface area contributed by atoms with Gasteiger partial charge in [-0.1, -0.05) is 64.7 Å². The van der Waals surface area contributed by atoms with Gasteiger partial charge in [-0.15, -0.1) is 0 Å². The van der Waals surface area contributed by atoms with Crippen LogP contribution < -0.4 is 5.11 Å². The molecular weight excluding hydrogens is 204 g/mol. The molecule has 3 heteroatoms. The molecule has 0 saturated carbocycles. The first-order chi connectivity index (χ1) is 7.68. The molecule has 96 valence electrons. The van der Waals surface area contributed by atoms with Gasteiger partial charge in [-0.25, -0.2) is 0 Å². The highest BCUT2D eigenvalue weighted by molar-refractivity contribution is 5.69. The average Bonchev–Trinajstić information content (AvgIpc) is 2.26. The second-order valence-corrected chi connectivity index (χ2v) is 4.45. The van der Waals surface area contributed by atoms with Gasteiger partial charge in [0.1, 0.15) is 0 Å². The fourth-order valence-corrected chi connectivity index (χ4v) is 1.77. The standard InChI is InChI=1S/C13H26O3/c1-2-3-4-5-6-7-8-9-10-11-12(14)13(15)16/h12,14H,2-11H2,1H3,(H,15,16)/p-1. The molecule has 3 nitrogen and oxygen atoms in total. The first-order valence-corrected chi connectivity index (χ1v) is 6.57. The van der Waals surface area contributed by atoms with Gasteiger partial charge < -0.3 is 15.0 Å². The Morgan fingerprint density at radius 1 is 1.00 bits per heavy atom. The molecule has 0 saturated heterocycles. The number of carbonyl (C=O) groups excluding carboxylic acids is 1. The maximum atomic E-state index is 10.2. The van der Waals surface area contributed by atoms with Gasteiger partial charge in [0.25, 0.3) is 0 Å². The Kier molecular flexibility index (Phi) is 10.5. The smallest absolute Gasteiger partial charge is 0.0933 e. The number of hydrogen-bond donors (Lipinski definition) is 1. The molecule has 0 aliphatic heterocycles. The minimum atomic E-state index is -1.35. The SMILES string of the molecule is CCCCCCCCCCCC(O)C(=O)[O-]. The van der Waals surface area contributed by atoms with Crippen LogP contribution in [-0.4, -0.2) is 17.2 Å². The third-order valence-electron chi connectivity index (χ3n) is 2.85. The van der Waals surface area contributed by atoms with E-state index >= 15 is 0 Å². The monoisotopic (exact) mass is 229 g/mol. The number of carboxylic acids is 1. The summed E-state index contributed by atoms with van der Waals surface area (Å²) in [4.78, 5) is 10.2. The Bertz CT molecular complexity index is 169. The van der Waals surface area contributed by atoms with Crippen molar-refractivity contribution < 1.29 is 15.0 Å². The zero-order valence-electron chi connectivity index (χ0n) is 10.4. The minimum absolute atomic E-state index is 0.332. The Morgan fingerprint density at radius 2 is 1.44 bits per heavy atom. The predicted octanol–water partition coefficient (Wildman–Crippen LogP) is 2.02. The molecule has 1 unspecified atom stereocenters. The lowest BCUT2D eigenvalue weighted by molar-refractivity contribution is -0.315. The van der Waals surface area contributed by atoms with E-state index in [0.29, 0.717) is 6.42 Å². The lowest BCUT2D eigenvalue weighted by atomic mass is 10.1. The molecule has 0 spiro atoms. The van der Waals surface area contributed by atoms with Crippen LogP contribution in [-0.2, 0) is 4.79 Å². The Labute approximate surface area is 98.9 Å². The summed E-state index contributed by atoms with van der Waals surface area (Å²) in [5, 5.41) is 19.2. The summed E-state index contributed by atoms with van der Waals surface area (Å²) in [6, 6.07) is 0. The van der Waals surface area contributed by atoms with Gasteiger partial charge in [0.15, 0.2) is 0 Å². The molecule has 1 N–H and O–H groups in total. The van der Waals surface area contributed by atoms with Crippen molar-refractivity contribution in [3.05, 3.63) is 0 Å². The molecule has 0 rings (SSSR count). The van der Waals surface area contributed by atoms with Crippen LogP contribution >= 0.6 is 0 Å². The maximum absolute atomic E-state index is 10.2. The molecule has 0 amide bonds. The lowest BCUT2D eigenvalue weighted by Gasteiger charge is -2.10. The quantitative estimate of drug-likeness (QED) is 0.551. The minimum Gasteiger partial charge on any atom is -0.547 e. The summed E-state index contributed by atoms with van der Waals surface area (Å²) in [6.07, 6.45) is 9.76. The highest BCUT2D eigenvalue weighted by Crippen LogP contribution is 2.11. The predicted molar refractivity (Wildman–Crippen MR) is 62.9 cm³/mol. The van der Waals surface area contributed by atoms with Crippen LogP contribution in [0.4, 0.5) is 0 Å². The first kappa shape index (κ1) is 15.4.